The number of amides is 2. The van der Waals surface area contributed by atoms with Crippen LogP contribution in [0.25, 0.3) is 6.08 Å². The van der Waals surface area contributed by atoms with Gasteiger partial charge in [-0.05, 0) is 103 Å². The quantitative estimate of drug-likeness (QED) is 0.0641. The number of halogens is 1. The molecule has 1 aliphatic carbocycles. The van der Waals surface area contributed by atoms with Crippen molar-refractivity contribution in [3.05, 3.63) is 38.0 Å². The van der Waals surface area contributed by atoms with Gasteiger partial charge in [0.1, 0.15) is 0 Å². The van der Waals surface area contributed by atoms with Gasteiger partial charge in [0.05, 0.1) is 28.6 Å². The van der Waals surface area contributed by atoms with Gasteiger partial charge in [-0.15, -0.1) is 0 Å². The lowest BCUT2D eigenvalue weighted by Crippen LogP contribution is -2.46. The van der Waals surface area contributed by atoms with Crippen LogP contribution in [0, 0.1) is 21.3 Å². The van der Waals surface area contributed by atoms with Crippen LogP contribution in [0.3, 0.4) is 0 Å². The molecule has 4 rings (SSSR count). The highest BCUT2D eigenvalue weighted by molar-refractivity contribution is 14.1. The van der Waals surface area contributed by atoms with Crippen LogP contribution in [0.15, 0.2) is 28.9 Å². The number of allylic oxidation sites excluding steroid dienone is 2. The molecular formula is C33H45BINO8. The molecule has 1 aromatic carbocycles. The number of rotatable bonds is 15. The van der Waals surface area contributed by atoms with Crippen LogP contribution in [-0.4, -0.2) is 64.8 Å². The predicted octanol–water partition coefficient (Wildman–Crippen LogP) is 6.21. The Kier molecular flexibility index (Phi) is 12.4. The number of carboxylic acid groups (broad SMARTS) is 1. The van der Waals surface area contributed by atoms with E-state index in [0.717, 1.165) is 43.2 Å². The zero-order valence-electron chi connectivity index (χ0n) is 26.0. The molecule has 2 fully saturated rings. The number of phenols is 1. The minimum absolute atomic E-state index is 0.0831. The van der Waals surface area contributed by atoms with Crippen molar-refractivity contribution < 1.29 is 39.0 Å². The number of imide groups is 1. The lowest BCUT2D eigenvalue weighted by atomic mass is 9.58. The first-order chi connectivity index (χ1) is 21.1. The maximum absolute atomic E-state index is 13.7. The highest BCUT2D eigenvalue weighted by atomic mass is 127. The summed E-state index contributed by atoms with van der Waals surface area (Å²) in [7, 11) is 0.527. The van der Waals surface area contributed by atoms with E-state index in [1.165, 1.54) is 23.2 Å². The van der Waals surface area contributed by atoms with Crippen LogP contribution in [-0.2, 0) is 19.0 Å². The molecule has 2 aliphatic heterocycles. The molecule has 44 heavy (non-hydrogen) atoms. The predicted molar refractivity (Wildman–Crippen MR) is 177 cm³/mol. The molecule has 1 aromatic rings. The Morgan fingerprint density at radius 1 is 1.11 bits per heavy atom. The highest BCUT2D eigenvalue weighted by Crippen LogP contribution is 2.51. The summed E-state index contributed by atoms with van der Waals surface area (Å²) in [6, 6.07) is 3.75. The number of nitrogens with zero attached hydrogens (tertiary/aromatic N) is 1. The monoisotopic (exact) mass is 721 g/mol. The maximum atomic E-state index is 13.7. The number of fused-ring (bicyclic) bond motifs is 3. The standard InChI is InChI=1S/C33H45BINO8/c1-4-9-20(15-21-16-25(35)31(39)27(17-21)43-3)12-13-26-29-22(10-5-2)18-23-30(24(29)19-34(42)44-26)33(41)36(32(23)40)14-8-6-7-11-28(37)38/h15-17,23-24,26,30,39,42H,4-14,18-19H2,1-3H3,(H,37,38)/b20-15+/t23-,24+,26-,30-/m1/s1. The van der Waals surface area contributed by atoms with E-state index in [1.807, 2.05) is 12.1 Å². The topological polar surface area (TPSA) is 134 Å². The van der Waals surface area contributed by atoms with Crippen molar-refractivity contribution in [1.29, 1.82) is 0 Å². The van der Waals surface area contributed by atoms with Gasteiger partial charge in [-0.3, -0.25) is 19.3 Å². The van der Waals surface area contributed by atoms with Gasteiger partial charge in [0.15, 0.2) is 11.5 Å². The van der Waals surface area contributed by atoms with Gasteiger partial charge in [-0.1, -0.05) is 50.3 Å². The lowest BCUT2D eigenvalue weighted by molar-refractivity contribution is -0.141. The van der Waals surface area contributed by atoms with Crippen molar-refractivity contribution in [2.24, 2.45) is 17.8 Å². The summed E-state index contributed by atoms with van der Waals surface area (Å²) in [6.07, 6.45) is 9.46. The summed E-state index contributed by atoms with van der Waals surface area (Å²) in [4.78, 5) is 39.5. The van der Waals surface area contributed by atoms with Gasteiger partial charge in [0.25, 0.3) is 0 Å². The number of methoxy groups -OCH3 is 1. The summed E-state index contributed by atoms with van der Waals surface area (Å²) in [5.41, 5.74) is 4.47. The van der Waals surface area contributed by atoms with E-state index in [9.17, 15) is 24.5 Å². The number of carbonyl (C=O) groups excluding carboxylic acids is 2. The number of likely N-dealkylation sites (tertiary alicyclic amines) is 1. The smallest absolute Gasteiger partial charge is 0.455 e. The number of carboxylic acids is 1. The largest absolute Gasteiger partial charge is 0.504 e. The van der Waals surface area contributed by atoms with E-state index < -0.39 is 24.9 Å². The van der Waals surface area contributed by atoms with Crippen LogP contribution in [0.1, 0.15) is 90.0 Å². The Hall–Kier alpha value is -2.38. The molecule has 0 unspecified atom stereocenters. The molecule has 0 aromatic heterocycles. The molecule has 11 heteroatoms. The Bertz CT molecular complexity index is 1300. The van der Waals surface area contributed by atoms with Crippen LogP contribution in [0.4, 0.5) is 0 Å². The second kappa shape index (κ2) is 15.8. The minimum atomic E-state index is -1.01. The van der Waals surface area contributed by atoms with E-state index in [2.05, 4.69) is 42.5 Å². The molecule has 9 nitrogen and oxygen atoms in total. The van der Waals surface area contributed by atoms with Crippen LogP contribution >= 0.6 is 22.6 Å². The van der Waals surface area contributed by atoms with E-state index in [-0.39, 0.29) is 36.0 Å². The number of hydrogen-bond donors (Lipinski definition) is 3. The second-order valence-corrected chi connectivity index (χ2v) is 13.4. The Morgan fingerprint density at radius 3 is 2.57 bits per heavy atom. The molecule has 3 aliphatic rings. The molecule has 0 bridgehead atoms. The van der Waals surface area contributed by atoms with Gasteiger partial charge in [0, 0.05) is 13.0 Å². The van der Waals surface area contributed by atoms with Crippen molar-refractivity contribution >= 4 is 53.6 Å². The highest BCUT2D eigenvalue weighted by Gasteiger charge is 2.56. The van der Waals surface area contributed by atoms with Crippen molar-refractivity contribution in [1.82, 2.24) is 4.90 Å². The van der Waals surface area contributed by atoms with Gasteiger partial charge < -0.3 is 24.6 Å². The Balaban J connectivity index is 1.55. The summed E-state index contributed by atoms with van der Waals surface area (Å²) >= 11 is 2.10. The summed E-state index contributed by atoms with van der Waals surface area (Å²) in [6.45, 7) is 4.56. The normalized spacial score (nSPS) is 23.7. The van der Waals surface area contributed by atoms with Crippen LogP contribution in [0.5, 0.6) is 11.5 Å². The zero-order valence-corrected chi connectivity index (χ0v) is 28.2. The number of aromatic hydroxyl groups is 1. The lowest BCUT2D eigenvalue weighted by Gasteiger charge is -2.43. The third-order valence-corrected chi connectivity index (χ3v) is 9.99. The number of phenolic OH excluding ortho intramolecular Hbond substituents is 1. The number of unbranched alkanes of at least 4 members (excludes halogenated alkanes) is 2. The fraction of sp³-hybridized carbons (Fsp3) is 0.606. The fourth-order valence-electron chi connectivity index (χ4n) is 7.29. The molecule has 2 heterocycles. The molecule has 240 valence electrons. The third-order valence-electron chi connectivity index (χ3n) is 9.16. The Labute approximate surface area is 274 Å². The van der Waals surface area contributed by atoms with E-state index in [0.29, 0.717) is 54.3 Å². The zero-order chi connectivity index (χ0) is 32.0. The van der Waals surface area contributed by atoms with Crippen molar-refractivity contribution in [3.63, 3.8) is 0 Å². The number of aliphatic carboxylic acids is 1. The van der Waals surface area contributed by atoms with E-state index >= 15 is 0 Å². The van der Waals surface area contributed by atoms with Gasteiger partial charge in [-0.2, -0.15) is 0 Å². The van der Waals surface area contributed by atoms with E-state index in [4.69, 9.17) is 14.5 Å². The van der Waals surface area contributed by atoms with Gasteiger partial charge in [0.2, 0.25) is 11.8 Å². The summed E-state index contributed by atoms with van der Waals surface area (Å²) < 4.78 is 12.3. The average Bonchev–Trinajstić information content (AvgIpc) is 3.21. The summed E-state index contributed by atoms with van der Waals surface area (Å²) in [5.74, 6) is -1.72. The van der Waals surface area contributed by atoms with Gasteiger partial charge in [-0.25, -0.2) is 0 Å². The van der Waals surface area contributed by atoms with Crippen molar-refractivity contribution in [3.8, 4) is 11.5 Å². The van der Waals surface area contributed by atoms with Crippen molar-refractivity contribution in [2.75, 3.05) is 13.7 Å². The molecule has 0 radical (unpaired) electrons. The fourth-order valence-corrected chi connectivity index (χ4v) is 7.91. The maximum Gasteiger partial charge on any atom is 0.455 e. The number of ether oxygens (including phenoxy) is 1. The number of hydrogen-bond acceptors (Lipinski definition) is 7. The first-order valence-electron chi connectivity index (χ1n) is 16.0. The molecule has 0 saturated carbocycles. The van der Waals surface area contributed by atoms with Crippen LogP contribution < -0.4 is 4.74 Å². The number of carbonyl (C=O) groups is 3. The van der Waals surface area contributed by atoms with Crippen molar-refractivity contribution in [2.45, 2.75) is 96.9 Å². The van der Waals surface area contributed by atoms with Crippen LogP contribution in [0.2, 0.25) is 6.32 Å². The molecule has 3 N–H and O–H groups in total. The average molecular weight is 721 g/mol. The minimum Gasteiger partial charge on any atom is -0.504 e. The second-order valence-electron chi connectivity index (χ2n) is 12.2. The molecule has 4 atom stereocenters. The Morgan fingerprint density at radius 2 is 1.89 bits per heavy atom. The number of benzene rings is 1. The molecular weight excluding hydrogens is 676 g/mol. The first-order valence-corrected chi connectivity index (χ1v) is 17.1. The van der Waals surface area contributed by atoms with E-state index in [1.54, 1.807) is 0 Å². The molecule has 2 saturated heterocycles. The first kappa shape index (κ1) is 34.5. The molecule has 0 spiro atoms. The SMILES string of the molecule is CCCC1=C2[C@@H](CC/C(=C/c3cc(I)c(O)c(OC)c3)CCC)OB(O)C[C@@H]2[C@@H]2C(=O)N(CCCCCC(=O)O)C(=O)[C@@H]2C1. The van der Waals surface area contributed by atoms with Gasteiger partial charge >= 0.3 is 13.1 Å². The third kappa shape index (κ3) is 7.88. The summed E-state index contributed by atoms with van der Waals surface area (Å²) in [5, 5.41) is 30.0. The molecule has 2 amide bonds.